The summed E-state index contributed by atoms with van der Waals surface area (Å²) < 4.78 is 0. The van der Waals surface area contributed by atoms with E-state index in [0.717, 1.165) is 21.8 Å². The zero-order valence-electron chi connectivity index (χ0n) is 13.9. The number of H-pyrrole nitrogens is 1. The molecule has 0 bridgehead atoms. The van der Waals surface area contributed by atoms with Gasteiger partial charge in [0, 0.05) is 23.2 Å². The fourth-order valence-electron chi connectivity index (χ4n) is 3.77. The van der Waals surface area contributed by atoms with Crippen LogP contribution in [-0.2, 0) is 9.59 Å². The molecule has 0 radical (unpaired) electrons. The van der Waals surface area contributed by atoms with Gasteiger partial charge in [-0.15, -0.1) is 0 Å². The lowest BCUT2D eigenvalue weighted by Gasteiger charge is -2.29. The highest BCUT2D eigenvalue weighted by Gasteiger charge is 2.56. The van der Waals surface area contributed by atoms with Gasteiger partial charge in [0.2, 0.25) is 11.8 Å². The van der Waals surface area contributed by atoms with Crippen molar-refractivity contribution >= 4 is 40.6 Å². The molecule has 8 heteroatoms. The number of pyridine rings is 1. The lowest BCUT2D eigenvalue weighted by atomic mass is 9.84. The summed E-state index contributed by atoms with van der Waals surface area (Å²) in [5, 5.41) is 0.108. The first-order valence-corrected chi connectivity index (χ1v) is 10.1. The SMILES string of the molecule is O=C1C2Sc3[nH]c(=O)sc3[C@H](c3cccnc3)C2C(=O)N1c1ccccc1. The number of thioether (sulfide) groups is 1. The van der Waals surface area contributed by atoms with Crippen molar-refractivity contribution in [3.8, 4) is 0 Å². The van der Waals surface area contributed by atoms with E-state index in [1.54, 1.807) is 42.7 Å². The number of hydrogen-bond acceptors (Lipinski definition) is 6. The van der Waals surface area contributed by atoms with E-state index in [4.69, 9.17) is 0 Å². The lowest BCUT2D eigenvalue weighted by Crippen LogP contribution is -2.32. The van der Waals surface area contributed by atoms with Gasteiger partial charge in [0.15, 0.2) is 0 Å². The summed E-state index contributed by atoms with van der Waals surface area (Å²) in [5.74, 6) is -1.41. The van der Waals surface area contributed by atoms with Crippen LogP contribution in [0, 0.1) is 5.92 Å². The molecule has 5 rings (SSSR count). The molecule has 2 amide bonds. The maximum atomic E-state index is 13.3. The quantitative estimate of drug-likeness (QED) is 0.675. The van der Waals surface area contributed by atoms with Crippen LogP contribution in [0.15, 0.2) is 64.7 Å². The van der Waals surface area contributed by atoms with E-state index >= 15 is 0 Å². The largest absolute Gasteiger partial charge is 0.307 e. The van der Waals surface area contributed by atoms with Crippen LogP contribution < -0.4 is 9.77 Å². The molecule has 1 aromatic carbocycles. The minimum atomic E-state index is -0.569. The Morgan fingerprint density at radius 1 is 1.00 bits per heavy atom. The number of aromatic nitrogens is 2. The first-order valence-electron chi connectivity index (χ1n) is 8.37. The predicted octanol–water partition coefficient (Wildman–Crippen LogP) is 2.63. The molecule has 27 heavy (non-hydrogen) atoms. The number of hydrogen-bond donors (Lipinski definition) is 1. The number of thiazole rings is 1. The summed E-state index contributed by atoms with van der Waals surface area (Å²) in [6.07, 6.45) is 3.37. The summed E-state index contributed by atoms with van der Waals surface area (Å²) in [5.41, 5.74) is 1.41. The van der Waals surface area contributed by atoms with E-state index in [2.05, 4.69) is 9.97 Å². The normalized spacial score (nSPS) is 24.0. The standard InChI is InChI=1S/C19H13N3O3S2/c23-17-13-12(10-5-4-8-20-9-10)14-16(21-19(25)27-14)26-15(13)18(24)22(17)11-6-2-1-3-7-11/h1-9,12-13,15H,(H,21,25)/t12-,13?,15?/m1/s1. The van der Waals surface area contributed by atoms with E-state index in [1.165, 1.54) is 16.7 Å². The van der Waals surface area contributed by atoms with Gasteiger partial charge < -0.3 is 4.98 Å². The average molecular weight is 395 g/mol. The van der Waals surface area contributed by atoms with E-state index in [-0.39, 0.29) is 22.6 Å². The molecule has 134 valence electrons. The maximum Gasteiger partial charge on any atom is 0.305 e. The topological polar surface area (TPSA) is 83.1 Å². The van der Waals surface area contributed by atoms with Crippen LogP contribution in [0.2, 0.25) is 0 Å². The molecule has 2 unspecified atom stereocenters. The van der Waals surface area contributed by atoms with Crippen LogP contribution >= 0.6 is 23.1 Å². The second-order valence-electron chi connectivity index (χ2n) is 6.38. The Morgan fingerprint density at radius 3 is 2.56 bits per heavy atom. The predicted molar refractivity (Wildman–Crippen MR) is 103 cm³/mol. The molecule has 3 aromatic rings. The molecule has 0 spiro atoms. The van der Waals surface area contributed by atoms with E-state index in [9.17, 15) is 14.4 Å². The first kappa shape index (κ1) is 16.5. The number of anilines is 1. The highest BCUT2D eigenvalue weighted by molar-refractivity contribution is 8.00. The third-order valence-electron chi connectivity index (χ3n) is 4.88. The fraction of sp³-hybridized carbons (Fsp3) is 0.158. The van der Waals surface area contributed by atoms with Gasteiger partial charge >= 0.3 is 4.87 Å². The highest BCUT2D eigenvalue weighted by Crippen LogP contribution is 2.52. The van der Waals surface area contributed by atoms with Crippen LogP contribution in [0.3, 0.4) is 0 Å². The van der Waals surface area contributed by atoms with Crippen molar-refractivity contribution in [1.82, 2.24) is 9.97 Å². The van der Waals surface area contributed by atoms with Gasteiger partial charge in [-0.3, -0.25) is 19.4 Å². The number of carbonyl (C=O) groups is 2. The van der Waals surface area contributed by atoms with Gasteiger partial charge in [0.1, 0.15) is 5.25 Å². The lowest BCUT2D eigenvalue weighted by molar-refractivity contribution is -0.122. The monoisotopic (exact) mass is 395 g/mol. The Hall–Kier alpha value is -2.71. The third-order valence-corrected chi connectivity index (χ3v) is 7.28. The van der Waals surface area contributed by atoms with Gasteiger partial charge in [-0.2, -0.15) is 0 Å². The molecule has 1 saturated heterocycles. The molecule has 2 aliphatic heterocycles. The van der Waals surface area contributed by atoms with E-state index in [1.807, 2.05) is 12.1 Å². The average Bonchev–Trinajstić information content (AvgIpc) is 3.18. The molecular weight excluding hydrogens is 382 g/mol. The van der Waals surface area contributed by atoms with Crippen molar-refractivity contribution in [3.05, 3.63) is 75.0 Å². The minimum absolute atomic E-state index is 0.179. The number of aromatic amines is 1. The second kappa shape index (κ2) is 6.17. The Labute approximate surface area is 162 Å². The first-order chi connectivity index (χ1) is 13.1. The van der Waals surface area contributed by atoms with Crippen molar-refractivity contribution in [3.63, 3.8) is 0 Å². The molecule has 4 heterocycles. The molecule has 2 aromatic heterocycles. The highest BCUT2D eigenvalue weighted by atomic mass is 32.2. The number of carbonyl (C=O) groups excluding carboxylic acids is 2. The third kappa shape index (κ3) is 2.48. The molecular formula is C19H13N3O3S2. The van der Waals surface area contributed by atoms with Crippen LogP contribution in [0.1, 0.15) is 16.4 Å². The molecule has 0 aliphatic carbocycles. The van der Waals surface area contributed by atoms with Crippen LogP contribution in [0.4, 0.5) is 5.69 Å². The zero-order chi connectivity index (χ0) is 18.5. The maximum absolute atomic E-state index is 13.3. The summed E-state index contributed by atoms with van der Waals surface area (Å²) in [6.45, 7) is 0. The Bertz CT molecular complexity index is 1090. The number of imide groups is 1. The molecule has 2 aliphatic rings. The molecule has 1 fully saturated rings. The number of benzene rings is 1. The number of fused-ring (bicyclic) bond motifs is 2. The van der Waals surface area contributed by atoms with Crippen LogP contribution in [0.25, 0.3) is 0 Å². The van der Waals surface area contributed by atoms with Crippen molar-refractivity contribution in [2.75, 3.05) is 4.90 Å². The molecule has 0 saturated carbocycles. The van der Waals surface area contributed by atoms with E-state index < -0.39 is 11.2 Å². The number of nitrogens with one attached hydrogen (secondary N) is 1. The summed E-state index contributed by atoms with van der Waals surface area (Å²) in [4.78, 5) is 47.3. The minimum Gasteiger partial charge on any atom is -0.307 e. The summed E-state index contributed by atoms with van der Waals surface area (Å²) in [7, 11) is 0. The number of para-hydroxylation sites is 1. The summed E-state index contributed by atoms with van der Waals surface area (Å²) >= 11 is 2.38. The van der Waals surface area contributed by atoms with Crippen LogP contribution in [0.5, 0.6) is 0 Å². The van der Waals surface area contributed by atoms with Gasteiger partial charge in [0.05, 0.1) is 16.6 Å². The number of rotatable bonds is 2. The Balaban J connectivity index is 1.67. The molecule has 6 nitrogen and oxygen atoms in total. The van der Waals surface area contributed by atoms with Gasteiger partial charge in [0.25, 0.3) is 0 Å². The molecule has 1 N–H and O–H groups in total. The smallest absolute Gasteiger partial charge is 0.305 e. The summed E-state index contributed by atoms with van der Waals surface area (Å²) in [6, 6.07) is 12.7. The zero-order valence-corrected chi connectivity index (χ0v) is 15.5. The van der Waals surface area contributed by atoms with Gasteiger partial charge in [-0.1, -0.05) is 47.4 Å². The fourth-order valence-corrected chi connectivity index (χ4v) is 6.28. The number of amides is 2. The molecule has 3 atom stereocenters. The van der Waals surface area contributed by atoms with Gasteiger partial charge in [-0.25, -0.2) is 4.90 Å². The van der Waals surface area contributed by atoms with Gasteiger partial charge in [-0.05, 0) is 23.8 Å². The number of nitrogens with zero attached hydrogens (tertiary/aromatic N) is 2. The Morgan fingerprint density at radius 2 is 1.81 bits per heavy atom. The van der Waals surface area contributed by atoms with Crippen LogP contribution in [-0.4, -0.2) is 27.0 Å². The van der Waals surface area contributed by atoms with Crippen molar-refractivity contribution in [1.29, 1.82) is 0 Å². The second-order valence-corrected chi connectivity index (χ2v) is 8.55. The van der Waals surface area contributed by atoms with E-state index in [0.29, 0.717) is 10.7 Å². The Kier molecular flexibility index (Phi) is 3.76. The van der Waals surface area contributed by atoms with Crippen molar-refractivity contribution in [2.45, 2.75) is 16.2 Å². The van der Waals surface area contributed by atoms with Crippen molar-refractivity contribution in [2.24, 2.45) is 5.92 Å². The van der Waals surface area contributed by atoms with Crippen molar-refractivity contribution < 1.29 is 9.59 Å².